The molecule has 4 rings (SSSR count). The third-order valence-electron chi connectivity index (χ3n) is 5.58. The maximum Gasteiger partial charge on any atom is 0.119 e. The van der Waals surface area contributed by atoms with Crippen LogP contribution in [0.1, 0.15) is 60.4 Å². The summed E-state index contributed by atoms with van der Waals surface area (Å²) in [4.78, 5) is 0. The van der Waals surface area contributed by atoms with Crippen molar-refractivity contribution >= 4 is 12.2 Å². The van der Waals surface area contributed by atoms with E-state index >= 15 is 0 Å². The highest BCUT2D eigenvalue weighted by Crippen LogP contribution is 2.35. The minimum Gasteiger partial charge on any atom is -0.494 e. The molecule has 0 fully saturated rings. The third kappa shape index (κ3) is 3.62. The highest BCUT2D eigenvalue weighted by molar-refractivity contribution is 5.72. The molecule has 0 radical (unpaired) electrons. The first-order valence-corrected chi connectivity index (χ1v) is 9.99. The van der Waals surface area contributed by atoms with Gasteiger partial charge in [0.25, 0.3) is 0 Å². The van der Waals surface area contributed by atoms with Crippen molar-refractivity contribution in [2.45, 2.75) is 52.4 Å². The van der Waals surface area contributed by atoms with Crippen LogP contribution in [-0.4, -0.2) is 6.61 Å². The molecule has 0 N–H and O–H groups in total. The number of hydrogen-bond acceptors (Lipinski definition) is 1. The molecule has 26 heavy (non-hydrogen) atoms. The smallest absolute Gasteiger partial charge is 0.119 e. The Morgan fingerprint density at radius 2 is 1.46 bits per heavy atom. The summed E-state index contributed by atoms with van der Waals surface area (Å²) < 4.78 is 5.87. The summed E-state index contributed by atoms with van der Waals surface area (Å²) in [5.41, 5.74) is 10.1. The molecule has 0 amide bonds. The zero-order valence-electron chi connectivity index (χ0n) is 16.0. The van der Waals surface area contributed by atoms with E-state index in [0.717, 1.165) is 44.5 Å². The monoisotopic (exact) mass is 344 g/mol. The van der Waals surface area contributed by atoms with Gasteiger partial charge in [-0.2, -0.15) is 0 Å². The van der Waals surface area contributed by atoms with Crippen LogP contribution in [0.25, 0.3) is 12.2 Å². The Bertz CT molecular complexity index is 870. The van der Waals surface area contributed by atoms with E-state index in [1.165, 1.54) is 45.4 Å². The van der Waals surface area contributed by atoms with Gasteiger partial charge in [0.1, 0.15) is 5.75 Å². The quantitative estimate of drug-likeness (QED) is 0.560. The van der Waals surface area contributed by atoms with E-state index in [4.69, 9.17) is 4.74 Å². The molecule has 0 saturated heterocycles. The van der Waals surface area contributed by atoms with Gasteiger partial charge in [-0.1, -0.05) is 55.3 Å². The van der Waals surface area contributed by atoms with Gasteiger partial charge in [-0.3, -0.25) is 0 Å². The molecule has 1 nitrogen and oxygen atoms in total. The average Bonchev–Trinajstić information content (AvgIpc) is 2.67. The van der Waals surface area contributed by atoms with E-state index < -0.39 is 0 Å². The molecular weight excluding hydrogens is 316 g/mol. The van der Waals surface area contributed by atoms with Gasteiger partial charge in [-0.15, -0.1) is 0 Å². The Kier molecular flexibility index (Phi) is 4.97. The average molecular weight is 344 g/mol. The molecule has 2 aromatic rings. The SMILES string of the molecule is CCCCOc1ccc2c(c1)CCC(C1=Cc3ccc(C)cc3CC1)=C2. The number of hydrogen-bond donors (Lipinski definition) is 0. The van der Waals surface area contributed by atoms with E-state index in [1.807, 2.05) is 0 Å². The van der Waals surface area contributed by atoms with E-state index in [9.17, 15) is 0 Å². The first kappa shape index (κ1) is 17.1. The largest absolute Gasteiger partial charge is 0.494 e. The van der Waals surface area contributed by atoms with E-state index in [0.29, 0.717) is 0 Å². The zero-order valence-corrected chi connectivity index (χ0v) is 16.0. The maximum absolute atomic E-state index is 5.87. The third-order valence-corrected chi connectivity index (χ3v) is 5.58. The van der Waals surface area contributed by atoms with Crippen LogP contribution in [0.15, 0.2) is 47.5 Å². The van der Waals surface area contributed by atoms with Crippen molar-refractivity contribution in [3.8, 4) is 5.75 Å². The number of allylic oxidation sites excluding steroid dienone is 2. The van der Waals surface area contributed by atoms with Crippen molar-refractivity contribution in [2.75, 3.05) is 6.61 Å². The number of ether oxygens (including phenoxy) is 1. The Labute approximate surface area is 157 Å². The highest BCUT2D eigenvalue weighted by Gasteiger charge is 2.17. The highest BCUT2D eigenvalue weighted by atomic mass is 16.5. The molecule has 0 atom stereocenters. The first-order valence-electron chi connectivity index (χ1n) is 9.99. The lowest BCUT2D eigenvalue weighted by atomic mass is 9.82. The van der Waals surface area contributed by atoms with Crippen molar-refractivity contribution in [3.05, 3.63) is 75.4 Å². The van der Waals surface area contributed by atoms with Crippen LogP contribution in [-0.2, 0) is 12.8 Å². The molecule has 0 unspecified atom stereocenters. The first-order chi connectivity index (χ1) is 12.7. The van der Waals surface area contributed by atoms with Crippen LogP contribution < -0.4 is 4.74 Å². The molecular formula is C25H28O. The van der Waals surface area contributed by atoms with Crippen molar-refractivity contribution in [3.63, 3.8) is 0 Å². The van der Waals surface area contributed by atoms with Gasteiger partial charge in [0.15, 0.2) is 0 Å². The number of benzene rings is 2. The Morgan fingerprint density at radius 3 is 2.15 bits per heavy atom. The van der Waals surface area contributed by atoms with Crippen LogP contribution in [0.3, 0.4) is 0 Å². The Hall–Kier alpha value is -2.28. The lowest BCUT2D eigenvalue weighted by molar-refractivity contribution is 0.309. The second-order valence-electron chi connectivity index (χ2n) is 7.60. The summed E-state index contributed by atoms with van der Waals surface area (Å²) in [7, 11) is 0. The van der Waals surface area contributed by atoms with E-state index in [2.05, 4.69) is 62.4 Å². The fourth-order valence-electron chi connectivity index (χ4n) is 4.02. The standard InChI is InChI=1S/C25H28O/c1-3-4-13-26-25-12-11-23-16-22(9-10-24(23)17-25)21-8-7-19-14-18(2)5-6-20(19)15-21/h5-6,11-12,14-17H,3-4,7-10,13H2,1-2H3. The zero-order chi connectivity index (χ0) is 17.9. The van der Waals surface area contributed by atoms with Crippen molar-refractivity contribution in [2.24, 2.45) is 0 Å². The molecule has 0 saturated carbocycles. The van der Waals surface area contributed by atoms with E-state index in [-0.39, 0.29) is 0 Å². The van der Waals surface area contributed by atoms with Crippen LogP contribution in [0.5, 0.6) is 5.75 Å². The van der Waals surface area contributed by atoms with Crippen LogP contribution >= 0.6 is 0 Å². The fraction of sp³-hybridized carbons (Fsp3) is 0.360. The van der Waals surface area contributed by atoms with Gasteiger partial charge in [0.05, 0.1) is 6.61 Å². The lowest BCUT2D eigenvalue weighted by Crippen LogP contribution is -2.06. The molecule has 0 spiro atoms. The summed E-state index contributed by atoms with van der Waals surface area (Å²) in [6.07, 6.45) is 11.7. The molecule has 134 valence electrons. The Balaban J connectivity index is 1.56. The molecule has 0 aromatic heterocycles. The maximum atomic E-state index is 5.87. The van der Waals surface area contributed by atoms with Gasteiger partial charge < -0.3 is 4.74 Å². The summed E-state index contributed by atoms with van der Waals surface area (Å²) in [6, 6.07) is 13.4. The number of aryl methyl sites for hydroxylation is 3. The van der Waals surface area contributed by atoms with Gasteiger partial charge in [-0.25, -0.2) is 0 Å². The minimum atomic E-state index is 0.822. The Morgan fingerprint density at radius 1 is 0.808 bits per heavy atom. The lowest BCUT2D eigenvalue weighted by Gasteiger charge is -2.23. The number of rotatable bonds is 5. The van der Waals surface area contributed by atoms with Crippen LogP contribution in [0.4, 0.5) is 0 Å². The molecule has 1 heteroatoms. The van der Waals surface area contributed by atoms with Crippen LogP contribution in [0.2, 0.25) is 0 Å². The summed E-state index contributed by atoms with van der Waals surface area (Å²) in [6.45, 7) is 5.20. The summed E-state index contributed by atoms with van der Waals surface area (Å²) >= 11 is 0. The second-order valence-corrected chi connectivity index (χ2v) is 7.60. The van der Waals surface area contributed by atoms with Gasteiger partial charge in [0.2, 0.25) is 0 Å². The summed E-state index contributed by atoms with van der Waals surface area (Å²) in [5.74, 6) is 1.02. The molecule has 0 heterocycles. The van der Waals surface area contributed by atoms with Gasteiger partial charge >= 0.3 is 0 Å². The topological polar surface area (TPSA) is 9.23 Å². The minimum absolute atomic E-state index is 0.822. The molecule has 0 bridgehead atoms. The normalized spacial score (nSPS) is 15.6. The van der Waals surface area contributed by atoms with Crippen molar-refractivity contribution in [1.29, 1.82) is 0 Å². The van der Waals surface area contributed by atoms with E-state index in [1.54, 1.807) is 0 Å². The second kappa shape index (κ2) is 7.53. The number of unbranched alkanes of at least 4 members (excludes halogenated alkanes) is 1. The number of fused-ring (bicyclic) bond motifs is 2. The predicted molar refractivity (Wildman–Crippen MR) is 111 cm³/mol. The predicted octanol–water partition coefficient (Wildman–Crippen LogP) is 6.53. The van der Waals surface area contributed by atoms with Gasteiger partial charge in [0, 0.05) is 0 Å². The van der Waals surface area contributed by atoms with Crippen molar-refractivity contribution < 1.29 is 4.74 Å². The van der Waals surface area contributed by atoms with Crippen LogP contribution in [0, 0.1) is 6.92 Å². The summed E-state index contributed by atoms with van der Waals surface area (Å²) in [5, 5.41) is 0. The van der Waals surface area contributed by atoms with Gasteiger partial charge in [-0.05, 0) is 84.6 Å². The molecule has 2 aliphatic carbocycles. The van der Waals surface area contributed by atoms with Crippen molar-refractivity contribution in [1.82, 2.24) is 0 Å². The fourth-order valence-corrected chi connectivity index (χ4v) is 4.02. The molecule has 2 aliphatic rings. The molecule has 0 aliphatic heterocycles. The molecule has 2 aromatic carbocycles.